The zero-order valence-electron chi connectivity index (χ0n) is 11.6. The summed E-state index contributed by atoms with van der Waals surface area (Å²) in [5.41, 5.74) is 8.35. The molecule has 5 nitrogen and oxygen atoms in total. The number of carbonyl (C=O) groups excluding carboxylic acids is 1. The summed E-state index contributed by atoms with van der Waals surface area (Å²) in [7, 11) is 0. The molecule has 2 rings (SSSR count). The number of hydrogen-bond acceptors (Lipinski definition) is 4. The van der Waals surface area contributed by atoms with E-state index in [4.69, 9.17) is 15.7 Å². The lowest BCUT2D eigenvalue weighted by molar-refractivity contribution is -0.118. The number of nitriles is 1. The van der Waals surface area contributed by atoms with Crippen LogP contribution in [0.3, 0.4) is 0 Å². The molecule has 0 aromatic heterocycles. The molecule has 0 bridgehead atoms. The van der Waals surface area contributed by atoms with Gasteiger partial charge in [0.25, 0.3) is 5.91 Å². The number of amides is 1. The maximum atomic E-state index is 11.8. The standard InChI is InChI=1S/C16H15N3O2/c1-11-8-13(18)4-7-15(11)21-10-16(20)19-14-5-2-12(9-17)3-6-14/h2-8H,10,18H2,1H3,(H,19,20). The number of benzene rings is 2. The summed E-state index contributed by atoms with van der Waals surface area (Å²) in [4.78, 5) is 11.8. The monoisotopic (exact) mass is 281 g/mol. The molecule has 0 saturated heterocycles. The highest BCUT2D eigenvalue weighted by molar-refractivity contribution is 5.91. The number of carbonyl (C=O) groups is 1. The molecule has 0 spiro atoms. The first kappa shape index (κ1) is 14.4. The van der Waals surface area contributed by atoms with E-state index < -0.39 is 0 Å². The van der Waals surface area contributed by atoms with Crippen molar-refractivity contribution in [2.75, 3.05) is 17.7 Å². The fourth-order valence-corrected chi connectivity index (χ4v) is 1.80. The minimum absolute atomic E-state index is 0.0925. The molecule has 5 heteroatoms. The van der Waals surface area contributed by atoms with Crippen LogP contribution < -0.4 is 15.8 Å². The second-order valence-electron chi connectivity index (χ2n) is 4.55. The van der Waals surface area contributed by atoms with E-state index in [0.29, 0.717) is 22.7 Å². The first-order chi connectivity index (χ1) is 10.1. The number of nitrogens with two attached hydrogens (primary N) is 1. The molecular weight excluding hydrogens is 266 g/mol. The van der Waals surface area contributed by atoms with Crippen molar-refractivity contribution in [2.45, 2.75) is 6.92 Å². The number of anilines is 2. The van der Waals surface area contributed by atoms with Gasteiger partial charge < -0.3 is 15.8 Å². The number of rotatable bonds is 4. The first-order valence-electron chi connectivity index (χ1n) is 6.37. The van der Waals surface area contributed by atoms with E-state index >= 15 is 0 Å². The summed E-state index contributed by atoms with van der Waals surface area (Å²) >= 11 is 0. The molecule has 0 aliphatic heterocycles. The van der Waals surface area contributed by atoms with E-state index in [-0.39, 0.29) is 12.5 Å². The van der Waals surface area contributed by atoms with Crippen LogP contribution in [0.15, 0.2) is 42.5 Å². The molecular formula is C16H15N3O2. The normalized spacial score (nSPS) is 9.71. The highest BCUT2D eigenvalue weighted by atomic mass is 16.5. The van der Waals surface area contributed by atoms with E-state index in [9.17, 15) is 4.79 Å². The summed E-state index contributed by atoms with van der Waals surface area (Å²) in [6, 6.07) is 13.9. The molecule has 0 atom stereocenters. The second kappa shape index (κ2) is 6.44. The van der Waals surface area contributed by atoms with Gasteiger partial charge in [-0.1, -0.05) is 0 Å². The molecule has 0 saturated carbocycles. The number of ether oxygens (including phenoxy) is 1. The Hall–Kier alpha value is -3.00. The summed E-state index contributed by atoms with van der Waals surface area (Å²) in [6.07, 6.45) is 0. The third-order valence-electron chi connectivity index (χ3n) is 2.86. The van der Waals surface area contributed by atoms with Crippen molar-refractivity contribution in [1.29, 1.82) is 5.26 Å². The van der Waals surface area contributed by atoms with Gasteiger partial charge in [0.05, 0.1) is 11.6 Å². The predicted octanol–water partition coefficient (Wildman–Crippen LogP) is 2.47. The lowest BCUT2D eigenvalue weighted by atomic mass is 10.2. The van der Waals surface area contributed by atoms with Crippen molar-refractivity contribution in [2.24, 2.45) is 0 Å². The van der Waals surface area contributed by atoms with Crippen LogP contribution in [0.25, 0.3) is 0 Å². The second-order valence-corrected chi connectivity index (χ2v) is 4.55. The number of aryl methyl sites for hydroxylation is 1. The van der Waals surface area contributed by atoms with Crippen molar-refractivity contribution in [3.05, 3.63) is 53.6 Å². The van der Waals surface area contributed by atoms with Gasteiger partial charge in [-0.2, -0.15) is 5.26 Å². The molecule has 21 heavy (non-hydrogen) atoms. The number of nitrogen functional groups attached to an aromatic ring is 1. The Morgan fingerprint density at radius 2 is 2.00 bits per heavy atom. The Bertz CT molecular complexity index is 688. The van der Waals surface area contributed by atoms with E-state index in [0.717, 1.165) is 5.56 Å². The number of nitrogens with zero attached hydrogens (tertiary/aromatic N) is 1. The lowest BCUT2D eigenvalue weighted by Crippen LogP contribution is -2.20. The molecule has 2 aromatic carbocycles. The number of hydrogen-bond donors (Lipinski definition) is 2. The van der Waals surface area contributed by atoms with Gasteiger partial charge in [-0.3, -0.25) is 4.79 Å². The molecule has 0 heterocycles. The summed E-state index contributed by atoms with van der Waals surface area (Å²) in [5.74, 6) is 0.357. The maximum Gasteiger partial charge on any atom is 0.262 e. The van der Waals surface area contributed by atoms with Gasteiger partial charge in [0, 0.05) is 11.4 Å². The summed E-state index contributed by atoms with van der Waals surface area (Å²) in [5, 5.41) is 11.4. The average molecular weight is 281 g/mol. The predicted molar refractivity (Wildman–Crippen MR) is 80.9 cm³/mol. The number of nitrogens with one attached hydrogen (secondary N) is 1. The quantitative estimate of drug-likeness (QED) is 0.843. The fraction of sp³-hybridized carbons (Fsp3) is 0.125. The van der Waals surface area contributed by atoms with Crippen molar-refractivity contribution < 1.29 is 9.53 Å². The van der Waals surface area contributed by atoms with Crippen LogP contribution in [-0.4, -0.2) is 12.5 Å². The molecule has 0 aliphatic rings. The third kappa shape index (κ3) is 3.98. The van der Waals surface area contributed by atoms with Crippen LogP contribution in [0.5, 0.6) is 5.75 Å². The summed E-state index contributed by atoms with van der Waals surface area (Å²) < 4.78 is 5.45. The summed E-state index contributed by atoms with van der Waals surface area (Å²) in [6.45, 7) is 1.77. The van der Waals surface area contributed by atoms with E-state index in [1.807, 2.05) is 13.0 Å². The van der Waals surface area contributed by atoms with E-state index in [1.165, 1.54) is 0 Å². The Morgan fingerprint density at radius 3 is 2.62 bits per heavy atom. The minimum atomic E-state index is -0.268. The van der Waals surface area contributed by atoms with Crippen LogP contribution in [0.2, 0.25) is 0 Å². The van der Waals surface area contributed by atoms with Crippen LogP contribution in [-0.2, 0) is 4.79 Å². The molecule has 0 radical (unpaired) electrons. The molecule has 0 fully saturated rings. The van der Waals surface area contributed by atoms with Gasteiger partial charge in [0.1, 0.15) is 5.75 Å². The molecule has 0 aliphatic carbocycles. The van der Waals surface area contributed by atoms with Crippen LogP contribution in [0.1, 0.15) is 11.1 Å². The van der Waals surface area contributed by atoms with Gasteiger partial charge in [0.15, 0.2) is 6.61 Å². The zero-order valence-corrected chi connectivity index (χ0v) is 11.6. The highest BCUT2D eigenvalue weighted by Crippen LogP contribution is 2.20. The zero-order chi connectivity index (χ0) is 15.2. The minimum Gasteiger partial charge on any atom is -0.483 e. The van der Waals surface area contributed by atoms with Crippen molar-refractivity contribution >= 4 is 17.3 Å². The van der Waals surface area contributed by atoms with E-state index in [2.05, 4.69) is 5.32 Å². The Labute approximate surface area is 123 Å². The van der Waals surface area contributed by atoms with Gasteiger partial charge in [-0.15, -0.1) is 0 Å². The Balaban J connectivity index is 1.91. The van der Waals surface area contributed by atoms with Gasteiger partial charge in [-0.25, -0.2) is 0 Å². The van der Waals surface area contributed by atoms with Crippen LogP contribution >= 0.6 is 0 Å². The van der Waals surface area contributed by atoms with Gasteiger partial charge in [0.2, 0.25) is 0 Å². The third-order valence-corrected chi connectivity index (χ3v) is 2.86. The topological polar surface area (TPSA) is 88.1 Å². The van der Waals surface area contributed by atoms with Crippen molar-refractivity contribution in [3.63, 3.8) is 0 Å². The Kier molecular flexibility index (Phi) is 4.42. The van der Waals surface area contributed by atoms with Gasteiger partial charge in [-0.05, 0) is 55.0 Å². The highest BCUT2D eigenvalue weighted by Gasteiger charge is 2.06. The largest absolute Gasteiger partial charge is 0.483 e. The SMILES string of the molecule is Cc1cc(N)ccc1OCC(=O)Nc1ccc(C#N)cc1. The van der Waals surface area contributed by atoms with Crippen LogP contribution in [0, 0.1) is 18.3 Å². The average Bonchev–Trinajstić information content (AvgIpc) is 2.47. The lowest BCUT2D eigenvalue weighted by Gasteiger charge is -2.10. The van der Waals surface area contributed by atoms with Gasteiger partial charge >= 0.3 is 0 Å². The molecule has 0 unspecified atom stereocenters. The van der Waals surface area contributed by atoms with Crippen LogP contribution in [0.4, 0.5) is 11.4 Å². The first-order valence-corrected chi connectivity index (χ1v) is 6.37. The molecule has 2 aromatic rings. The van der Waals surface area contributed by atoms with Crippen molar-refractivity contribution in [1.82, 2.24) is 0 Å². The van der Waals surface area contributed by atoms with E-state index in [1.54, 1.807) is 42.5 Å². The fourth-order valence-electron chi connectivity index (χ4n) is 1.80. The Morgan fingerprint density at radius 1 is 1.29 bits per heavy atom. The molecule has 1 amide bonds. The molecule has 106 valence electrons. The smallest absolute Gasteiger partial charge is 0.262 e. The molecule has 3 N–H and O–H groups in total. The maximum absolute atomic E-state index is 11.8. The van der Waals surface area contributed by atoms with Crippen molar-refractivity contribution in [3.8, 4) is 11.8 Å².